The van der Waals surface area contributed by atoms with Crippen molar-refractivity contribution in [2.24, 2.45) is 0 Å². The van der Waals surface area contributed by atoms with Crippen molar-refractivity contribution >= 4 is 69.4 Å². The number of nitrogens with one attached hydrogen (secondary N) is 1. The fraction of sp³-hybridized carbons (Fsp3) is 0.357. The third-order valence-corrected chi connectivity index (χ3v) is 14.4. The van der Waals surface area contributed by atoms with Gasteiger partial charge in [0.2, 0.25) is 5.91 Å². The highest BCUT2D eigenvalue weighted by Crippen LogP contribution is 2.29. The number of ether oxygens (including phenoxy) is 2. The molecule has 1 heterocycles. The number of hydrogen-bond acceptors (Lipinski definition) is 10. The summed E-state index contributed by atoms with van der Waals surface area (Å²) in [6.07, 6.45) is 2.80. The lowest BCUT2D eigenvalue weighted by molar-refractivity contribution is -0.122. The molecule has 6 rings (SSSR count). The van der Waals surface area contributed by atoms with Crippen LogP contribution in [0.5, 0.6) is 11.5 Å². The maximum Gasteiger partial charge on any atom is 0.262 e. The number of fused-ring (bicyclic) bond motifs is 1. The summed E-state index contributed by atoms with van der Waals surface area (Å²) >= 11 is 9.74. The van der Waals surface area contributed by atoms with Crippen LogP contribution < -0.4 is 14.8 Å². The Morgan fingerprint density at radius 2 is 1.26 bits per heavy atom. The Morgan fingerprint density at radius 1 is 0.652 bits per heavy atom. The van der Waals surface area contributed by atoms with Gasteiger partial charge in [0.1, 0.15) is 17.3 Å². The van der Waals surface area contributed by atoms with Gasteiger partial charge in [-0.15, -0.1) is 0 Å². The van der Waals surface area contributed by atoms with E-state index in [-0.39, 0.29) is 36.3 Å². The topological polar surface area (TPSA) is 110 Å². The van der Waals surface area contributed by atoms with Gasteiger partial charge < -0.3 is 14.8 Å². The maximum atomic E-state index is 13.8. The van der Waals surface area contributed by atoms with Crippen LogP contribution in [0.4, 0.5) is 0 Å². The quantitative estimate of drug-likeness (QED) is 0.0360. The van der Waals surface area contributed by atoms with Crippen molar-refractivity contribution in [2.75, 3.05) is 71.5 Å². The van der Waals surface area contributed by atoms with Crippen molar-refractivity contribution < 1.29 is 28.7 Å². The molecule has 0 radical (unpaired) electrons. The summed E-state index contributed by atoms with van der Waals surface area (Å²) in [5, 5.41) is 4.60. The number of ketones is 2. The molecule has 1 N–H and O–H groups in total. The summed E-state index contributed by atoms with van der Waals surface area (Å²) in [6.45, 7) is 7.85. The summed E-state index contributed by atoms with van der Waals surface area (Å²) < 4.78 is 12.3. The SMILES string of the molecule is COc1ccc(CSCCNC(=O)CN(CCCN(CCCCC(=O)Cc2c(C)n(C(=O)c3ccc(Cl)cc3)c3ccc(C)cc23)CC(=O)c2ccccc2)CCSCc2ccc(OC)cc2)cc1. The molecule has 0 unspecified atom stereocenters. The highest BCUT2D eigenvalue weighted by molar-refractivity contribution is 7.98. The molecule has 6 aromatic rings. The molecule has 0 saturated carbocycles. The molecule has 364 valence electrons. The molecule has 5 aromatic carbocycles. The van der Waals surface area contributed by atoms with Crippen LogP contribution in [0.1, 0.15) is 74.3 Å². The third-order valence-electron chi connectivity index (χ3n) is 12.1. The molecule has 0 aliphatic heterocycles. The van der Waals surface area contributed by atoms with E-state index in [0.717, 1.165) is 81.6 Å². The van der Waals surface area contributed by atoms with E-state index < -0.39 is 0 Å². The first kappa shape index (κ1) is 53.0. The van der Waals surface area contributed by atoms with E-state index in [1.807, 2.05) is 92.3 Å². The molecule has 10 nitrogen and oxygen atoms in total. The molecule has 0 saturated heterocycles. The molecular formula is C56H65ClN4O6S2. The molecule has 1 amide bonds. The second kappa shape index (κ2) is 27.7. The smallest absolute Gasteiger partial charge is 0.262 e. The number of thioether (sulfide) groups is 2. The fourth-order valence-corrected chi connectivity index (χ4v) is 10.2. The Kier molecular flexibility index (Phi) is 21.3. The van der Waals surface area contributed by atoms with Crippen LogP contribution in [0.25, 0.3) is 10.9 Å². The van der Waals surface area contributed by atoms with Gasteiger partial charge >= 0.3 is 0 Å². The van der Waals surface area contributed by atoms with Crippen molar-refractivity contribution in [1.82, 2.24) is 19.7 Å². The van der Waals surface area contributed by atoms with Gasteiger partial charge in [0.25, 0.3) is 5.91 Å². The first-order chi connectivity index (χ1) is 33.5. The minimum atomic E-state index is -0.163. The number of halogens is 1. The molecule has 0 atom stereocenters. The Bertz CT molecular complexity index is 2590. The number of carbonyl (C=O) groups is 4. The van der Waals surface area contributed by atoms with Gasteiger partial charge in [-0.2, -0.15) is 23.5 Å². The second-order valence-corrected chi connectivity index (χ2v) is 19.9. The number of unbranched alkanes of at least 4 members (excludes halogenated alkanes) is 1. The van der Waals surface area contributed by atoms with Crippen LogP contribution in [0.15, 0.2) is 121 Å². The average Bonchev–Trinajstić information content (AvgIpc) is 3.63. The minimum Gasteiger partial charge on any atom is -0.497 e. The second-order valence-electron chi connectivity index (χ2n) is 17.3. The lowest BCUT2D eigenvalue weighted by atomic mass is 10.0. The van der Waals surface area contributed by atoms with Gasteiger partial charge in [0.05, 0.1) is 32.8 Å². The van der Waals surface area contributed by atoms with Crippen LogP contribution in [-0.4, -0.2) is 109 Å². The van der Waals surface area contributed by atoms with Crippen molar-refractivity contribution in [1.29, 1.82) is 0 Å². The van der Waals surface area contributed by atoms with Crippen molar-refractivity contribution in [3.63, 3.8) is 0 Å². The van der Waals surface area contributed by atoms with Crippen molar-refractivity contribution in [3.05, 3.63) is 165 Å². The summed E-state index contributed by atoms with van der Waals surface area (Å²) in [5.41, 5.74) is 7.09. The van der Waals surface area contributed by atoms with Crippen molar-refractivity contribution in [3.8, 4) is 11.5 Å². The standard InChI is InChI=1S/C56H65ClN4O6S2/c1-41-14-27-53-52(35-41)51(42(2)61(53)56(65)46-19-21-47(57)22-20-46)36-48(62)13-8-9-29-59(37-54(63)45-11-6-5-7-12-45)30-10-31-60(32-34-69-40-44-17-25-50(67-4)26-18-44)38-55(64)58-28-33-68-39-43-15-23-49(66-3)24-16-43/h5-7,11-12,14-27,35H,8-10,13,28-34,36-40H2,1-4H3,(H,58,64). The zero-order valence-electron chi connectivity index (χ0n) is 40.3. The Balaban J connectivity index is 1.04. The van der Waals surface area contributed by atoms with E-state index in [0.29, 0.717) is 61.7 Å². The highest BCUT2D eigenvalue weighted by atomic mass is 35.5. The van der Waals surface area contributed by atoms with Crippen LogP contribution in [0, 0.1) is 13.8 Å². The number of rotatable bonds is 29. The van der Waals surface area contributed by atoms with E-state index in [1.54, 1.807) is 54.8 Å². The van der Waals surface area contributed by atoms with Gasteiger partial charge in [-0.3, -0.25) is 33.5 Å². The number of aryl methyl sites for hydroxylation is 1. The summed E-state index contributed by atoms with van der Waals surface area (Å²) in [5.74, 6) is 5.06. The minimum absolute atomic E-state index is 0.00373. The number of hydrogen-bond donors (Lipinski definition) is 1. The number of Topliss-reactive ketones (excluding diaryl/α,β-unsaturated/α-hetero) is 2. The predicted molar refractivity (Wildman–Crippen MR) is 285 cm³/mol. The lowest BCUT2D eigenvalue weighted by Gasteiger charge is -2.25. The number of benzene rings is 5. The molecule has 0 aliphatic carbocycles. The zero-order chi connectivity index (χ0) is 49.0. The first-order valence-corrected chi connectivity index (χ1v) is 26.3. The van der Waals surface area contributed by atoms with Gasteiger partial charge in [0.15, 0.2) is 5.78 Å². The molecule has 1 aromatic heterocycles. The monoisotopic (exact) mass is 988 g/mol. The number of aromatic nitrogens is 1. The predicted octanol–water partition coefficient (Wildman–Crippen LogP) is 10.8. The molecule has 0 fully saturated rings. The van der Waals surface area contributed by atoms with E-state index in [9.17, 15) is 19.2 Å². The highest BCUT2D eigenvalue weighted by Gasteiger charge is 2.22. The number of amides is 1. The summed E-state index contributed by atoms with van der Waals surface area (Å²) in [6, 6.07) is 38.4. The van der Waals surface area contributed by atoms with Gasteiger partial charge in [-0.1, -0.05) is 77.8 Å². The Hall–Kier alpha value is -5.37. The Morgan fingerprint density at radius 3 is 1.90 bits per heavy atom. The number of carbonyl (C=O) groups excluding carboxylic acids is 4. The van der Waals surface area contributed by atoms with Gasteiger partial charge in [0, 0.05) is 76.2 Å². The molecule has 0 aliphatic rings. The molecule has 69 heavy (non-hydrogen) atoms. The first-order valence-electron chi connectivity index (χ1n) is 23.6. The summed E-state index contributed by atoms with van der Waals surface area (Å²) in [4.78, 5) is 58.7. The largest absolute Gasteiger partial charge is 0.497 e. The molecule has 0 spiro atoms. The molecule has 13 heteroatoms. The fourth-order valence-electron chi connectivity index (χ4n) is 8.26. The van der Waals surface area contributed by atoms with Crippen LogP contribution >= 0.6 is 35.1 Å². The third kappa shape index (κ3) is 16.6. The molecular weight excluding hydrogens is 924 g/mol. The van der Waals surface area contributed by atoms with Crippen LogP contribution in [0.2, 0.25) is 5.02 Å². The van der Waals surface area contributed by atoms with Gasteiger partial charge in [-0.25, -0.2) is 0 Å². The molecule has 0 bridgehead atoms. The number of nitrogens with zero attached hydrogens (tertiary/aromatic N) is 3. The van der Waals surface area contributed by atoms with E-state index in [2.05, 4.69) is 45.4 Å². The summed E-state index contributed by atoms with van der Waals surface area (Å²) in [7, 11) is 3.33. The Labute approximate surface area is 421 Å². The number of methoxy groups -OCH3 is 2. The zero-order valence-corrected chi connectivity index (χ0v) is 42.7. The van der Waals surface area contributed by atoms with E-state index in [4.69, 9.17) is 21.1 Å². The van der Waals surface area contributed by atoms with Crippen molar-refractivity contribution in [2.45, 2.75) is 57.5 Å². The van der Waals surface area contributed by atoms with E-state index in [1.165, 1.54) is 11.1 Å². The lowest BCUT2D eigenvalue weighted by Crippen LogP contribution is -2.40. The van der Waals surface area contributed by atoms with Crippen LogP contribution in [0.3, 0.4) is 0 Å². The normalized spacial score (nSPS) is 11.3. The van der Waals surface area contributed by atoms with Crippen LogP contribution in [-0.2, 0) is 27.5 Å². The van der Waals surface area contributed by atoms with E-state index >= 15 is 0 Å². The maximum absolute atomic E-state index is 13.8. The van der Waals surface area contributed by atoms with Gasteiger partial charge in [-0.05, 0) is 130 Å². The average molecular weight is 990 g/mol.